The lowest BCUT2D eigenvalue weighted by atomic mass is 9.49. The summed E-state index contributed by atoms with van der Waals surface area (Å²) in [5, 5.41) is 0.908. The molecule has 0 radical (unpaired) electrons. The Morgan fingerprint density at radius 3 is 2.00 bits per heavy atom. The lowest BCUT2D eigenvalue weighted by Gasteiger charge is -2.55. The van der Waals surface area contributed by atoms with Crippen molar-refractivity contribution in [2.45, 2.75) is 44.9 Å². The van der Waals surface area contributed by atoms with Crippen LogP contribution in [-0.2, 0) is 16.0 Å². The fourth-order valence-electron chi connectivity index (χ4n) is 5.55. The molecule has 4 aliphatic rings. The molecule has 4 saturated carbocycles. The fourth-order valence-corrected chi connectivity index (χ4v) is 6.08. The molecule has 2 amide bonds. The van der Waals surface area contributed by atoms with Crippen LogP contribution in [-0.4, -0.2) is 11.8 Å². The molecule has 1 aromatic rings. The first-order valence-electron chi connectivity index (χ1n) is 8.97. The maximum Gasteiger partial charge on any atom is 0.244 e. The van der Waals surface area contributed by atoms with Crippen LogP contribution in [0, 0.1) is 23.2 Å². The lowest BCUT2D eigenvalue weighted by Crippen LogP contribution is -2.56. The van der Waals surface area contributed by atoms with Crippen LogP contribution in [0.2, 0.25) is 10.0 Å². The van der Waals surface area contributed by atoms with E-state index in [1.165, 1.54) is 19.3 Å². The number of hydrogen-bond donors (Lipinski definition) is 2. The van der Waals surface area contributed by atoms with Crippen molar-refractivity contribution in [2.75, 3.05) is 0 Å². The standard InChI is InChI=1S/C19H22Cl2N2O2/c20-15-2-1-3-16(21)14(15)7-17(24)22-23-18(25)19-8-11-4-12(9-19)6-13(5-11)10-19/h1-3,11-13H,4-10H2,(H,22,24)(H,23,25). The number of hydrazine groups is 1. The maximum atomic E-state index is 12.8. The topological polar surface area (TPSA) is 58.2 Å². The van der Waals surface area contributed by atoms with E-state index in [0.29, 0.717) is 33.4 Å². The van der Waals surface area contributed by atoms with Gasteiger partial charge in [-0.25, -0.2) is 0 Å². The van der Waals surface area contributed by atoms with E-state index in [1.54, 1.807) is 18.2 Å². The quantitative estimate of drug-likeness (QED) is 0.781. The van der Waals surface area contributed by atoms with E-state index in [-0.39, 0.29) is 23.7 Å². The second-order valence-corrected chi connectivity index (χ2v) is 8.89. The van der Waals surface area contributed by atoms with Crippen molar-refractivity contribution in [3.05, 3.63) is 33.8 Å². The number of carbonyl (C=O) groups excluding carboxylic acids is 2. The summed E-state index contributed by atoms with van der Waals surface area (Å²) >= 11 is 12.2. The Morgan fingerprint density at radius 2 is 1.48 bits per heavy atom. The van der Waals surface area contributed by atoms with Gasteiger partial charge < -0.3 is 0 Å². The van der Waals surface area contributed by atoms with Crippen molar-refractivity contribution in [3.8, 4) is 0 Å². The minimum atomic E-state index is -0.312. The van der Waals surface area contributed by atoms with Crippen molar-refractivity contribution >= 4 is 35.0 Å². The molecule has 2 N–H and O–H groups in total. The highest BCUT2D eigenvalue weighted by Gasteiger charge is 2.54. The lowest BCUT2D eigenvalue weighted by molar-refractivity contribution is -0.148. The highest BCUT2D eigenvalue weighted by atomic mass is 35.5. The molecule has 5 rings (SSSR count). The van der Waals surface area contributed by atoms with Crippen LogP contribution in [0.5, 0.6) is 0 Å². The maximum absolute atomic E-state index is 12.8. The molecule has 4 nitrogen and oxygen atoms in total. The zero-order valence-electron chi connectivity index (χ0n) is 14.0. The van der Waals surface area contributed by atoms with Gasteiger partial charge in [-0.15, -0.1) is 0 Å². The van der Waals surface area contributed by atoms with Crippen molar-refractivity contribution < 1.29 is 9.59 Å². The van der Waals surface area contributed by atoms with E-state index < -0.39 is 0 Å². The van der Waals surface area contributed by atoms with Gasteiger partial charge in [0.15, 0.2) is 0 Å². The van der Waals surface area contributed by atoms with Crippen LogP contribution in [0.3, 0.4) is 0 Å². The SMILES string of the molecule is O=C(Cc1c(Cl)cccc1Cl)NNC(=O)C12CC3CC(CC(C3)C1)C2. The Bertz CT molecular complexity index is 664. The van der Waals surface area contributed by atoms with Crippen LogP contribution in [0.4, 0.5) is 0 Å². The van der Waals surface area contributed by atoms with E-state index in [1.807, 2.05) is 0 Å². The van der Waals surface area contributed by atoms with E-state index in [0.717, 1.165) is 19.3 Å². The van der Waals surface area contributed by atoms with Gasteiger partial charge in [0.1, 0.15) is 0 Å². The van der Waals surface area contributed by atoms with Crippen molar-refractivity contribution in [3.63, 3.8) is 0 Å². The summed E-state index contributed by atoms with van der Waals surface area (Å²) in [4.78, 5) is 25.0. The molecule has 0 heterocycles. The Kier molecular flexibility index (Phi) is 4.45. The smallest absolute Gasteiger partial charge is 0.244 e. The second kappa shape index (κ2) is 6.48. The first-order chi connectivity index (χ1) is 11.9. The van der Waals surface area contributed by atoms with Gasteiger partial charge in [0.05, 0.1) is 11.8 Å². The summed E-state index contributed by atoms with van der Waals surface area (Å²) < 4.78 is 0. The number of benzene rings is 1. The van der Waals surface area contributed by atoms with Gasteiger partial charge in [0.25, 0.3) is 0 Å². The average Bonchev–Trinajstić information content (AvgIpc) is 2.55. The van der Waals surface area contributed by atoms with Crippen LogP contribution < -0.4 is 10.9 Å². The van der Waals surface area contributed by atoms with Crippen molar-refractivity contribution in [1.82, 2.24) is 10.9 Å². The average molecular weight is 381 g/mol. The first kappa shape index (κ1) is 17.2. The molecule has 4 aliphatic carbocycles. The van der Waals surface area contributed by atoms with Crippen molar-refractivity contribution in [2.24, 2.45) is 23.2 Å². The largest absolute Gasteiger partial charge is 0.273 e. The first-order valence-corrected chi connectivity index (χ1v) is 9.73. The van der Waals surface area contributed by atoms with Crippen LogP contribution in [0.25, 0.3) is 0 Å². The monoisotopic (exact) mass is 380 g/mol. The van der Waals surface area contributed by atoms with E-state index >= 15 is 0 Å². The van der Waals surface area contributed by atoms with Gasteiger partial charge in [-0.3, -0.25) is 20.4 Å². The molecule has 0 unspecified atom stereocenters. The summed E-state index contributed by atoms with van der Waals surface area (Å²) in [7, 11) is 0. The molecular weight excluding hydrogens is 359 g/mol. The third-order valence-corrected chi connectivity index (χ3v) is 6.94. The number of rotatable bonds is 3. The highest BCUT2D eigenvalue weighted by molar-refractivity contribution is 6.36. The van der Waals surface area contributed by atoms with Gasteiger partial charge in [0, 0.05) is 10.0 Å². The number of nitrogens with one attached hydrogen (secondary N) is 2. The Balaban J connectivity index is 1.37. The third kappa shape index (κ3) is 3.26. The molecule has 0 aliphatic heterocycles. The molecular formula is C19H22Cl2N2O2. The van der Waals surface area contributed by atoms with E-state index in [9.17, 15) is 9.59 Å². The van der Waals surface area contributed by atoms with E-state index in [4.69, 9.17) is 23.2 Å². The van der Waals surface area contributed by atoms with Gasteiger partial charge in [-0.2, -0.15) is 0 Å². The van der Waals surface area contributed by atoms with Crippen LogP contribution >= 0.6 is 23.2 Å². The number of halogens is 2. The second-order valence-electron chi connectivity index (χ2n) is 8.08. The predicted molar refractivity (Wildman–Crippen MR) is 97.1 cm³/mol. The van der Waals surface area contributed by atoms with Gasteiger partial charge >= 0.3 is 0 Å². The normalized spacial score (nSPS) is 32.5. The molecule has 25 heavy (non-hydrogen) atoms. The molecule has 0 spiro atoms. The number of amides is 2. The Labute approximate surface area is 157 Å². The summed E-state index contributed by atoms with van der Waals surface area (Å²) in [5.74, 6) is 1.73. The molecule has 4 fully saturated rings. The van der Waals surface area contributed by atoms with Gasteiger partial charge in [0.2, 0.25) is 11.8 Å². The molecule has 0 atom stereocenters. The molecule has 1 aromatic carbocycles. The predicted octanol–water partition coefficient (Wildman–Crippen LogP) is 3.90. The number of carbonyl (C=O) groups is 2. The van der Waals surface area contributed by atoms with Crippen LogP contribution in [0.15, 0.2) is 18.2 Å². The van der Waals surface area contributed by atoms with Gasteiger partial charge in [-0.1, -0.05) is 29.3 Å². The Morgan fingerprint density at radius 1 is 0.960 bits per heavy atom. The van der Waals surface area contributed by atoms with Gasteiger partial charge in [-0.05, 0) is 74.0 Å². The minimum absolute atomic E-state index is 0.0230. The molecule has 0 saturated heterocycles. The summed E-state index contributed by atoms with van der Waals surface area (Å²) in [6, 6.07) is 5.13. The summed E-state index contributed by atoms with van der Waals surface area (Å²) in [5.41, 5.74) is 5.53. The Hall–Kier alpha value is -1.26. The molecule has 0 aromatic heterocycles. The number of hydrogen-bond acceptors (Lipinski definition) is 2. The minimum Gasteiger partial charge on any atom is -0.273 e. The highest BCUT2D eigenvalue weighted by Crippen LogP contribution is 2.60. The zero-order valence-corrected chi connectivity index (χ0v) is 15.5. The zero-order chi connectivity index (χ0) is 17.6. The van der Waals surface area contributed by atoms with Crippen molar-refractivity contribution in [1.29, 1.82) is 0 Å². The molecule has 134 valence electrons. The molecule has 6 heteroatoms. The third-order valence-electron chi connectivity index (χ3n) is 6.23. The summed E-state index contributed by atoms with van der Waals surface area (Å²) in [6.07, 6.45) is 6.79. The van der Waals surface area contributed by atoms with Crippen LogP contribution in [0.1, 0.15) is 44.1 Å². The van der Waals surface area contributed by atoms with E-state index in [2.05, 4.69) is 10.9 Å². The summed E-state index contributed by atoms with van der Waals surface area (Å²) in [6.45, 7) is 0. The molecule has 4 bridgehead atoms. The fraction of sp³-hybridized carbons (Fsp3) is 0.579.